The van der Waals surface area contributed by atoms with E-state index in [1.807, 2.05) is 19.9 Å². The molecule has 1 aromatic heterocycles. The SMILES string of the molecule is COc1ncc(Cl)c(NCC=C(C)C)n1. The topological polar surface area (TPSA) is 47.0 Å². The molecule has 0 saturated heterocycles. The standard InChI is InChI=1S/C10H14ClN3O/c1-7(2)4-5-12-9-8(11)6-13-10(14-9)15-3/h4,6H,5H2,1-3H3,(H,12,13,14). The fourth-order valence-electron chi connectivity index (χ4n) is 0.925. The second kappa shape index (κ2) is 5.56. The van der Waals surface area contributed by atoms with Crippen LogP contribution in [0.15, 0.2) is 17.8 Å². The summed E-state index contributed by atoms with van der Waals surface area (Å²) in [4.78, 5) is 7.96. The number of rotatable bonds is 4. The first-order valence-electron chi connectivity index (χ1n) is 4.57. The van der Waals surface area contributed by atoms with Crippen LogP contribution in [0.2, 0.25) is 5.02 Å². The van der Waals surface area contributed by atoms with E-state index >= 15 is 0 Å². The van der Waals surface area contributed by atoms with Crippen LogP contribution in [-0.2, 0) is 0 Å². The maximum absolute atomic E-state index is 5.90. The summed E-state index contributed by atoms with van der Waals surface area (Å²) in [6.45, 7) is 4.75. The molecule has 1 heterocycles. The van der Waals surface area contributed by atoms with Crippen molar-refractivity contribution in [3.8, 4) is 6.01 Å². The second-order valence-corrected chi connectivity index (χ2v) is 3.62. The Labute approximate surface area is 94.3 Å². The Morgan fingerprint density at radius 3 is 2.93 bits per heavy atom. The normalized spacial score (nSPS) is 9.60. The molecule has 0 aromatic carbocycles. The van der Waals surface area contributed by atoms with Gasteiger partial charge in [0.15, 0.2) is 5.82 Å². The Bertz CT molecular complexity index is 362. The molecule has 0 saturated carbocycles. The van der Waals surface area contributed by atoms with Gasteiger partial charge in [0.05, 0.1) is 13.3 Å². The van der Waals surface area contributed by atoms with Gasteiger partial charge in [0.2, 0.25) is 0 Å². The lowest BCUT2D eigenvalue weighted by atomic mass is 10.3. The molecule has 0 aliphatic heterocycles. The van der Waals surface area contributed by atoms with E-state index in [0.717, 1.165) is 0 Å². The molecule has 0 atom stereocenters. The Balaban J connectivity index is 2.71. The summed E-state index contributed by atoms with van der Waals surface area (Å²) in [5.41, 5.74) is 1.24. The van der Waals surface area contributed by atoms with Crippen LogP contribution in [0.1, 0.15) is 13.8 Å². The lowest BCUT2D eigenvalue weighted by Gasteiger charge is -2.06. The van der Waals surface area contributed by atoms with Gasteiger partial charge in [-0.1, -0.05) is 23.3 Å². The van der Waals surface area contributed by atoms with Crippen LogP contribution >= 0.6 is 11.6 Å². The van der Waals surface area contributed by atoms with Crippen molar-refractivity contribution in [2.24, 2.45) is 0 Å². The van der Waals surface area contributed by atoms with Crippen LogP contribution in [0.4, 0.5) is 5.82 Å². The van der Waals surface area contributed by atoms with Crippen molar-refractivity contribution >= 4 is 17.4 Å². The molecule has 1 aromatic rings. The summed E-state index contributed by atoms with van der Waals surface area (Å²) in [7, 11) is 1.52. The molecule has 0 bridgehead atoms. The van der Waals surface area contributed by atoms with E-state index in [9.17, 15) is 0 Å². The maximum Gasteiger partial charge on any atom is 0.318 e. The van der Waals surface area contributed by atoms with Gasteiger partial charge in [0.25, 0.3) is 0 Å². The highest BCUT2D eigenvalue weighted by Crippen LogP contribution is 2.19. The van der Waals surface area contributed by atoms with Crippen molar-refractivity contribution in [3.05, 3.63) is 22.9 Å². The highest BCUT2D eigenvalue weighted by atomic mass is 35.5. The van der Waals surface area contributed by atoms with Crippen molar-refractivity contribution in [1.82, 2.24) is 9.97 Å². The van der Waals surface area contributed by atoms with Crippen LogP contribution in [0, 0.1) is 0 Å². The number of aromatic nitrogens is 2. The molecule has 0 amide bonds. The van der Waals surface area contributed by atoms with E-state index in [2.05, 4.69) is 15.3 Å². The fourth-order valence-corrected chi connectivity index (χ4v) is 1.08. The number of allylic oxidation sites excluding steroid dienone is 1. The summed E-state index contributed by atoms with van der Waals surface area (Å²) in [6, 6.07) is 0.305. The Morgan fingerprint density at radius 1 is 1.60 bits per heavy atom. The van der Waals surface area contributed by atoms with Crippen LogP contribution in [0.25, 0.3) is 0 Å². The average molecular weight is 228 g/mol. The Morgan fingerprint density at radius 2 is 2.33 bits per heavy atom. The zero-order chi connectivity index (χ0) is 11.3. The molecule has 0 radical (unpaired) electrons. The van der Waals surface area contributed by atoms with Crippen molar-refractivity contribution in [3.63, 3.8) is 0 Å². The molecule has 1 N–H and O–H groups in total. The van der Waals surface area contributed by atoms with Gasteiger partial charge in [0.1, 0.15) is 5.02 Å². The zero-order valence-electron chi connectivity index (χ0n) is 9.04. The number of nitrogens with one attached hydrogen (secondary N) is 1. The molecule has 1 rings (SSSR count). The number of hydrogen-bond donors (Lipinski definition) is 1. The summed E-state index contributed by atoms with van der Waals surface area (Å²) in [5.74, 6) is 0.584. The van der Waals surface area contributed by atoms with Gasteiger partial charge in [-0.15, -0.1) is 0 Å². The number of methoxy groups -OCH3 is 1. The van der Waals surface area contributed by atoms with Gasteiger partial charge in [-0.25, -0.2) is 4.98 Å². The first-order chi connectivity index (χ1) is 7.13. The van der Waals surface area contributed by atoms with Gasteiger partial charge in [0, 0.05) is 6.54 Å². The van der Waals surface area contributed by atoms with Gasteiger partial charge >= 0.3 is 6.01 Å². The second-order valence-electron chi connectivity index (χ2n) is 3.22. The quantitative estimate of drug-likeness (QED) is 0.803. The summed E-state index contributed by atoms with van der Waals surface area (Å²) in [5, 5.41) is 3.56. The Hall–Kier alpha value is -1.29. The molecule has 0 spiro atoms. The monoisotopic (exact) mass is 227 g/mol. The largest absolute Gasteiger partial charge is 0.467 e. The lowest BCUT2D eigenvalue weighted by Crippen LogP contribution is -2.03. The van der Waals surface area contributed by atoms with Crippen LogP contribution in [-0.4, -0.2) is 23.6 Å². The van der Waals surface area contributed by atoms with Crippen LogP contribution < -0.4 is 10.1 Å². The van der Waals surface area contributed by atoms with Crippen molar-refractivity contribution in [2.75, 3.05) is 19.0 Å². The number of ether oxygens (including phenoxy) is 1. The zero-order valence-corrected chi connectivity index (χ0v) is 9.80. The molecule has 5 heteroatoms. The highest BCUT2D eigenvalue weighted by molar-refractivity contribution is 6.32. The average Bonchev–Trinajstić information content (AvgIpc) is 2.20. The smallest absolute Gasteiger partial charge is 0.318 e. The van der Waals surface area contributed by atoms with Crippen LogP contribution in [0.5, 0.6) is 6.01 Å². The van der Waals surface area contributed by atoms with E-state index in [1.54, 1.807) is 0 Å². The third-order valence-electron chi connectivity index (χ3n) is 1.68. The summed E-state index contributed by atoms with van der Waals surface area (Å²) >= 11 is 5.90. The van der Waals surface area contributed by atoms with Crippen molar-refractivity contribution in [1.29, 1.82) is 0 Å². The van der Waals surface area contributed by atoms with Gasteiger partial charge in [-0.3, -0.25) is 0 Å². The minimum atomic E-state index is 0.305. The number of hydrogen-bond acceptors (Lipinski definition) is 4. The third-order valence-corrected chi connectivity index (χ3v) is 1.96. The first kappa shape index (κ1) is 11.8. The van der Waals surface area contributed by atoms with Crippen LogP contribution in [0.3, 0.4) is 0 Å². The molecule has 0 fully saturated rings. The lowest BCUT2D eigenvalue weighted by molar-refractivity contribution is 0.380. The molecule has 4 nitrogen and oxygen atoms in total. The van der Waals surface area contributed by atoms with E-state index in [-0.39, 0.29) is 0 Å². The number of nitrogens with zero attached hydrogens (tertiary/aromatic N) is 2. The minimum Gasteiger partial charge on any atom is -0.467 e. The van der Waals surface area contributed by atoms with Gasteiger partial charge in [-0.05, 0) is 13.8 Å². The number of halogens is 1. The van der Waals surface area contributed by atoms with Crippen molar-refractivity contribution in [2.45, 2.75) is 13.8 Å². The molecule has 15 heavy (non-hydrogen) atoms. The predicted molar refractivity (Wildman–Crippen MR) is 61.5 cm³/mol. The first-order valence-corrected chi connectivity index (χ1v) is 4.95. The molecule has 0 unspecified atom stereocenters. The van der Waals surface area contributed by atoms with Gasteiger partial charge < -0.3 is 10.1 Å². The van der Waals surface area contributed by atoms with E-state index in [1.165, 1.54) is 18.9 Å². The fraction of sp³-hybridized carbons (Fsp3) is 0.400. The minimum absolute atomic E-state index is 0.305. The third kappa shape index (κ3) is 3.75. The predicted octanol–water partition coefficient (Wildman–Crippen LogP) is 2.52. The molecule has 0 aliphatic rings. The highest BCUT2D eigenvalue weighted by Gasteiger charge is 2.03. The Kier molecular flexibility index (Phi) is 4.37. The number of anilines is 1. The molecule has 0 aliphatic carbocycles. The van der Waals surface area contributed by atoms with E-state index in [4.69, 9.17) is 16.3 Å². The van der Waals surface area contributed by atoms with Crippen molar-refractivity contribution < 1.29 is 4.74 Å². The maximum atomic E-state index is 5.90. The van der Waals surface area contributed by atoms with Gasteiger partial charge in [-0.2, -0.15) is 4.98 Å². The summed E-state index contributed by atoms with van der Waals surface area (Å²) < 4.78 is 4.90. The van der Waals surface area contributed by atoms with E-state index in [0.29, 0.717) is 23.4 Å². The molecule has 82 valence electrons. The molecular formula is C10H14ClN3O. The van der Waals surface area contributed by atoms with E-state index < -0.39 is 0 Å². The summed E-state index contributed by atoms with van der Waals surface area (Å²) in [6.07, 6.45) is 3.56. The molecular weight excluding hydrogens is 214 g/mol.